The molecule has 1 heterocycles. The predicted molar refractivity (Wildman–Crippen MR) is 70.8 cm³/mol. The molecule has 104 valence electrons. The van der Waals surface area contributed by atoms with E-state index >= 15 is 0 Å². The van der Waals surface area contributed by atoms with Gasteiger partial charge in [-0.05, 0) is 12.1 Å². The van der Waals surface area contributed by atoms with Gasteiger partial charge in [0.15, 0.2) is 0 Å². The lowest BCUT2D eigenvalue weighted by molar-refractivity contribution is 0.370. The summed E-state index contributed by atoms with van der Waals surface area (Å²) in [5.41, 5.74) is 0. The Morgan fingerprint density at radius 1 is 1.28 bits per heavy atom. The summed E-state index contributed by atoms with van der Waals surface area (Å²) >= 11 is 0. The van der Waals surface area contributed by atoms with Crippen LogP contribution in [0.5, 0.6) is 0 Å². The summed E-state index contributed by atoms with van der Waals surface area (Å²) in [5, 5.41) is 3.20. The fraction of sp³-hybridized carbons (Fsp3) is 0.667. The van der Waals surface area contributed by atoms with Crippen LogP contribution in [0.2, 0.25) is 0 Å². The molecule has 1 aromatic rings. The van der Waals surface area contributed by atoms with Crippen molar-refractivity contribution < 1.29 is 12.8 Å². The van der Waals surface area contributed by atoms with Crippen LogP contribution in [0.3, 0.4) is 0 Å². The van der Waals surface area contributed by atoms with Crippen LogP contribution in [0.15, 0.2) is 21.6 Å². The van der Waals surface area contributed by atoms with Crippen molar-refractivity contribution in [3.63, 3.8) is 0 Å². The van der Waals surface area contributed by atoms with Crippen molar-refractivity contribution in [3.05, 3.63) is 17.9 Å². The van der Waals surface area contributed by atoms with E-state index < -0.39 is 10.0 Å². The Bertz CT molecular complexity index is 461. The first kappa shape index (κ1) is 15.2. The average Bonchev–Trinajstić information content (AvgIpc) is 2.76. The Morgan fingerprint density at radius 3 is 2.39 bits per heavy atom. The van der Waals surface area contributed by atoms with E-state index in [4.69, 9.17) is 4.42 Å². The second kappa shape index (κ2) is 6.36. The fourth-order valence-corrected chi connectivity index (χ4v) is 2.97. The van der Waals surface area contributed by atoms with Crippen LogP contribution >= 0.6 is 0 Å². The van der Waals surface area contributed by atoms with E-state index in [2.05, 4.69) is 5.32 Å². The van der Waals surface area contributed by atoms with Gasteiger partial charge in [-0.25, -0.2) is 8.42 Å². The maximum absolute atomic E-state index is 12.2. The van der Waals surface area contributed by atoms with E-state index in [0.717, 1.165) is 0 Å². The largest absolute Gasteiger partial charge is 0.447 e. The molecule has 0 aliphatic carbocycles. The zero-order chi connectivity index (χ0) is 13.8. The Kier molecular flexibility index (Phi) is 5.37. The van der Waals surface area contributed by atoms with Crippen molar-refractivity contribution in [2.75, 3.05) is 13.1 Å². The highest BCUT2D eigenvalue weighted by Crippen LogP contribution is 2.18. The number of hydrogen-bond acceptors (Lipinski definition) is 4. The molecule has 0 aliphatic rings. The first-order valence-corrected chi connectivity index (χ1v) is 7.68. The maximum Gasteiger partial charge on any atom is 0.276 e. The van der Waals surface area contributed by atoms with Crippen LogP contribution in [-0.4, -0.2) is 31.9 Å². The molecule has 1 N–H and O–H groups in total. The molecule has 1 rings (SSSR count). The van der Waals surface area contributed by atoms with Crippen LogP contribution in [0, 0.1) is 0 Å². The van der Waals surface area contributed by atoms with Gasteiger partial charge in [0.25, 0.3) is 10.0 Å². The quantitative estimate of drug-likeness (QED) is 0.823. The lowest BCUT2D eigenvalue weighted by Crippen LogP contribution is -2.30. The lowest BCUT2D eigenvalue weighted by atomic mass is 10.3. The molecule has 6 heteroatoms. The van der Waals surface area contributed by atoms with Gasteiger partial charge in [0.05, 0.1) is 6.54 Å². The number of furan rings is 1. The molecule has 0 atom stereocenters. The van der Waals surface area contributed by atoms with Crippen LogP contribution < -0.4 is 5.32 Å². The zero-order valence-corrected chi connectivity index (χ0v) is 12.3. The van der Waals surface area contributed by atoms with E-state index in [1.54, 1.807) is 6.07 Å². The van der Waals surface area contributed by atoms with Crippen molar-refractivity contribution in [1.29, 1.82) is 0 Å². The van der Waals surface area contributed by atoms with Gasteiger partial charge >= 0.3 is 0 Å². The first-order valence-electron chi connectivity index (χ1n) is 6.24. The second-order valence-electron chi connectivity index (χ2n) is 4.35. The summed E-state index contributed by atoms with van der Waals surface area (Å²) in [5.74, 6) is 0.634. The van der Waals surface area contributed by atoms with Gasteiger partial charge in [-0.15, -0.1) is 0 Å². The zero-order valence-electron chi connectivity index (χ0n) is 11.4. The van der Waals surface area contributed by atoms with Crippen molar-refractivity contribution >= 4 is 10.0 Å². The van der Waals surface area contributed by atoms with Gasteiger partial charge in [-0.2, -0.15) is 4.31 Å². The van der Waals surface area contributed by atoms with Crippen LogP contribution in [0.1, 0.15) is 33.5 Å². The van der Waals surface area contributed by atoms with Gasteiger partial charge in [-0.3, -0.25) is 0 Å². The van der Waals surface area contributed by atoms with Crippen molar-refractivity contribution in [1.82, 2.24) is 9.62 Å². The molecule has 0 radical (unpaired) electrons. The molecule has 0 fully saturated rings. The molecule has 0 saturated carbocycles. The molecule has 0 spiro atoms. The van der Waals surface area contributed by atoms with E-state index in [9.17, 15) is 8.42 Å². The highest BCUT2D eigenvalue weighted by atomic mass is 32.2. The average molecular weight is 274 g/mol. The number of hydrogen-bond donors (Lipinski definition) is 1. The third-order valence-electron chi connectivity index (χ3n) is 2.62. The molecule has 0 aliphatic heterocycles. The van der Waals surface area contributed by atoms with Gasteiger partial charge < -0.3 is 9.73 Å². The Balaban J connectivity index is 2.84. The van der Waals surface area contributed by atoms with Gasteiger partial charge in [-0.1, -0.05) is 27.7 Å². The van der Waals surface area contributed by atoms with E-state index in [0.29, 0.717) is 31.4 Å². The summed E-state index contributed by atoms with van der Waals surface area (Å²) in [6, 6.07) is 3.55. The summed E-state index contributed by atoms with van der Waals surface area (Å²) in [6.45, 7) is 9.09. The summed E-state index contributed by atoms with van der Waals surface area (Å²) in [7, 11) is -3.48. The minimum Gasteiger partial charge on any atom is -0.447 e. The number of rotatable bonds is 7. The minimum atomic E-state index is -3.48. The first-order chi connectivity index (χ1) is 8.41. The van der Waals surface area contributed by atoms with Crippen molar-refractivity contribution in [2.45, 2.75) is 45.4 Å². The molecule has 0 saturated heterocycles. The predicted octanol–water partition coefficient (Wildman–Crippen LogP) is 1.81. The standard InChI is InChI=1S/C12H22N2O3S/c1-5-14(6-2)18(15,16)12-8-7-11(17-12)9-13-10(3)4/h7-8,10,13H,5-6,9H2,1-4H3. The van der Waals surface area contributed by atoms with E-state index in [1.807, 2.05) is 27.7 Å². The van der Waals surface area contributed by atoms with Crippen molar-refractivity contribution in [2.24, 2.45) is 0 Å². The number of sulfonamides is 1. The SMILES string of the molecule is CCN(CC)S(=O)(=O)c1ccc(CNC(C)C)o1. The second-order valence-corrected chi connectivity index (χ2v) is 6.21. The van der Waals surface area contributed by atoms with Crippen molar-refractivity contribution in [3.8, 4) is 0 Å². The highest BCUT2D eigenvalue weighted by Gasteiger charge is 2.25. The smallest absolute Gasteiger partial charge is 0.276 e. The summed E-state index contributed by atoms with van der Waals surface area (Å²) in [4.78, 5) is 0. The fourth-order valence-electron chi connectivity index (χ4n) is 1.59. The Labute approximate surface area is 109 Å². The van der Waals surface area contributed by atoms with Crippen LogP contribution in [-0.2, 0) is 16.6 Å². The number of nitrogens with one attached hydrogen (secondary N) is 1. The molecular formula is C12H22N2O3S. The third-order valence-corrected chi connectivity index (χ3v) is 4.55. The third kappa shape index (κ3) is 3.57. The Hall–Kier alpha value is -0.850. The van der Waals surface area contributed by atoms with Gasteiger partial charge in [0, 0.05) is 19.1 Å². The topological polar surface area (TPSA) is 62.6 Å². The maximum atomic E-state index is 12.2. The van der Waals surface area contributed by atoms with E-state index in [-0.39, 0.29) is 5.09 Å². The summed E-state index contributed by atoms with van der Waals surface area (Å²) in [6.07, 6.45) is 0. The molecule has 1 aromatic heterocycles. The summed E-state index contributed by atoms with van der Waals surface area (Å²) < 4.78 is 31.1. The molecule has 18 heavy (non-hydrogen) atoms. The molecule has 0 amide bonds. The molecule has 0 unspecified atom stereocenters. The lowest BCUT2D eigenvalue weighted by Gasteiger charge is -2.16. The monoisotopic (exact) mass is 274 g/mol. The minimum absolute atomic E-state index is 0.0201. The molecule has 0 aromatic carbocycles. The van der Waals surface area contributed by atoms with E-state index in [1.165, 1.54) is 10.4 Å². The number of nitrogens with zero attached hydrogens (tertiary/aromatic N) is 1. The van der Waals surface area contributed by atoms with Gasteiger partial charge in [0.1, 0.15) is 5.76 Å². The normalized spacial score (nSPS) is 12.6. The highest BCUT2D eigenvalue weighted by molar-refractivity contribution is 7.89. The van der Waals surface area contributed by atoms with Crippen LogP contribution in [0.4, 0.5) is 0 Å². The van der Waals surface area contributed by atoms with Crippen LogP contribution in [0.25, 0.3) is 0 Å². The molecular weight excluding hydrogens is 252 g/mol. The Morgan fingerprint density at radius 2 is 1.89 bits per heavy atom. The molecule has 5 nitrogen and oxygen atoms in total. The van der Waals surface area contributed by atoms with Gasteiger partial charge in [0.2, 0.25) is 5.09 Å². The molecule has 0 bridgehead atoms.